The maximum Gasteiger partial charge on any atom is 0.131 e. The number of aliphatic hydroxyl groups is 1. The van der Waals surface area contributed by atoms with E-state index in [9.17, 15) is 5.11 Å². The molecule has 4 rings (SSSR count). The molecule has 0 amide bonds. The lowest BCUT2D eigenvalue weighted by atomic mass is 9.96. The number of anilines is 1. The molecule has 0 aliphatic rings. The first-order valence-electron chi connectivity index (χ1n) is 8.87. The molecular formula is C22H19ClN4O. The van der Waals surface area contributed by atoms with Gasteiger partial charge in [-0.05, 0) is 34.9 Å². The lowest BCUT2D eigenvalue weighted by Gasteiger charge is -2.12. The van der Waals surface area contributed by atoms with Gasteiger partial charge in [-0.3, -0.25) is 4.68 Å². The zero-order valence-corrected chi connectivity index (χ0v) is 15.8. The SMILES string of the molecule is Nc1nccc(-c2cn(Cc3ccccc3)nc2CO)c1-c1ccc(Cl)cc1. The highest BCUT2D eigenvalue weighted by Gasteiger charge is 2.17. The maximum atomic E-state index is 9.89. The van der Waals surface area contributed by atoms with Gasteiger partial charge < -0.3 is 10.8 Å². The molecular weight excluding hydrogens is 372 g/mol. The van der Waals surface area contributed by atoms with Gasteiger partial charge in [0.05, 0.1) is 18.8 Å². The van der Waals surface area contributed by atoms with Gasteiger partial charge in [-0.2, -0.15) is 5.10 Å². The minimum Gasteiger partial charge on any atom is -0.390 e. The number of benzene rings is 2. The van der Waals surface area contributed by atoms with Gasteiger partial charge in [-0.25, -0.2) is 4.98 Å². The van der Waals surface area contributed by atoms with E-state index in [1.165, 1.54) is 0 Å². The molecule has 0 bridgehead atoms. The van der Waals surface area contributed by atoms with Crippen molar-refractivity contribution in [2.75, 3.05) is 5.73 Å². The third-order valence-corrected chi connectivity index (χ3v) is 4.83. The molecule has 6 heteroatoms. The Morgan fingerprint density at radius 3 is 2.43 bits per heavy atom. The normalized spacial score (nSPS) is 10.9. The highest BCUT2D eigenvalue weighted by Crippen LogP contribution is 2.37. The molecule has 0 fully saturated rings. The van der Waals surface area contributed by atoms with Crippen LogP contribution in [0.15, 0.2) is 73.1 Å². The van der Waals surface area contributed by atoms with Crippen LogP contribution in [-0.2, 0) is 13.2 Å². The lowest BCUT2D eigenvalue weighted by molar-refractivity contribution is 0.276. The van der Waals surface area contributed by atoms with Crippen molar-refractivity contribution in [1.29, 1.82) is 0 Å². The molecule has 28 heavy (non-hydrogen) atoms. The molecule has 0 radical (unpaired) electrons. The number of rotatable bonds is 5. The van der Waals surface area contributed by atoms with E-state index in [0.717, 1.165) is 27.8 Å². The van der Waals surface area contributed by atoms with Crippen LogP contribution >= 0.6 is 11.6 Å². The van der Waals surface area contributed by atoms with E-state index in [-0.39, 0.29) is 6.61 Å². The van der Waals surface area contributed by atoms with Crippen LogP contribution in [0, 0.1) is 0 Å². The smallest absolute Gasteiger partial charge is 0.131 e. The largest absolute Gasteiger partial charge is 0.390 e. The molecule has 2 aromatic carbocycles. The van der Waals surface area contributed by atoms with Crippen molar-refractivity contribution in [2.45, 2.75) is 13.2 Å². The van der Waals surface area contributed by atoms with Gasteiger partial charge in [0.2, 0.25) is 0 Å². The summed E-state index contributed by atoms with van der Waals surface area (Å²) in [6.07, 6.45) is 3.60. The van der Waals surface area contributed by atoms with Crippen LogP contribution in [-0.4, -0.2) is 19.9 Å². The van der Waals surface area contributed by atoms with Gasteiger partial charge in [0.1, 0.15) is 5.82 Å². The van der Waals surface area contributed by atoms with Crippen LogP contribution in [0.5, 0.6) is 0 Å². The van der Waals surface area contributed by atoms with Crippen LogP contribution in [0.4, 0.5) is 5.82 Å². The second kappa shape index (κ2) is 7.84. The van der Waals surface area contributed by atoms with Crippen molar-refractivity contribution in [3.63, 3.8) is 0 Å². The molecule has 0 saturated carbocycles. The van der Waals surface area contributed by atoms with Crippen molar-refractivity contribution < 1.29 is 5.11 Å². The number of halogens is 1. The summed E-state index contributed by atoms with van der Waals surface area (Å²) >= 11 is 6.03. The Morgan fingerprint density at radius 2 is 1.71 bits per heavy atom. The summed E-state index contributed by atoms with van der Waals surface area (Å²) in [7, 11) is 0. The van der Waals surface area contributed by atoms with Gasteiger partial charge in [-0.15, -0.1) is 0 Å². The minimum atomic E-state index is -0.167. The Kier molecular flexibility index (Phi) is 5.10. The number of hydrogen-bond donors (Lipinski definition) is 2. The van der Waals surface area contributed by atoms with Crippen LogP contribution in [0.3, 0.4) is 0 Å². The number of aliphatic hydroxyl groups excluding tert-OH is 1. The molecule has 140 valence electrons. The van der Waals surface area contributed by atoms with E-state index in [4.69, 9.17) is 17.3 Å². The molecule has 4 aromatic rings. The Balaban J connectivity index is 1.81. The Hall–Kier alpha value is -3.15. The van der Waals surface area contributed by atoms with E-state index in [2.05, 4.69) is 10.1 Å². The van der Waals surface area contributed by atoms with Gasteiger partial charge >= 0.3 is 0 Å². The van der Waals surface area contributed by atoms with E-state index in [0.29, 0.717) is 23.1 Å². The Bertz CT molecular complexity index is 1090. The molecule has 5 nitrogen and oxygen atoms in total. The van der Waals surface area contributed by atoms with E-state index in [1.807, 2.05) is 71.5 Å². The quantitative estimate of drug-likeness (QED) is 0.530. The molecule has 3 N–H and O–H groups in total. The minimum absolute atomic E-state index is 0.167. The van der Waals surface area contributed by atoms with Crippen molar-refractivity contribution in [2.24, 2.45) is 0 Å². The first-order chi connectivity index (χ1) is 13.7. The van der Waals surface area contributed by atoms with Gasteiger partial charge in [-0.1, -0.05) is 54.1 Å². The summed E-state index contributed by atoms with van der Waals surface area (Å²) in [5.41, 5.74) is 11.4. The molecule has 0 saturated heterocycles. The molecule has 0 aliphatic carbocycles. The monoisotopic (exact) mass is 390 g/mol. The number of aromatic nitrogens is 3. The van der Waals surface area contributed by atoms with E-state index >= 15 is 0 Å². The van der Waals surface area contributed by atoms with Gasteiger partial charge in [0.15, 0.2) is 0 Å². The Morgan fingerprint density at radius 1 is 0.964 bits per heavy atom. The van der Waals surface area contributed by atoms with Crippen LogP contribution < -0.4 is 5.73 Å². The second-order valence-electron chi connectivity index (χ2n) is 6.46. The van der Waals surface area contributed by atoms with Crippen molar-refractivity contribution in [3.8, 4) is 22.3 Å². The summed E-state index contributed by atoms with van der Waals surface area (Å²) in [6, 6.07) is 19.4. The molecule has 0 unspecified atom stereocenters. The average Bonchev–Trinajstić information content (AvgIpc) is 3.12. The van der Waals surface area contributed by atoms with Crippen LogP contribution in [0.1, 0.15) is 11.3 Å². The second-order valence-corrected chi connectivity index (χ2v) is 6.89. The maximum absolute atomic E-state index is 9.89. The third-order valence-electron chi connectivity index (χ3n) is 4.58. The number of nitrogens with zero attached hydrogens (tertiary/aromatic N) is 3. The van der Waals surface area contributed by atoms with Crippen molar-refractivity contribution >= 4 is 17.4 Å². The fourth-order valence-corrected chi connectivity index (χ4v) is 3.40. The number of nitrogens with two attached hydrogens (primary N) is 1. The number of hydrogen-bond acceptors (Lipinski definition) is 4. The molecule has 2 aromatic heterocycles. The predicted molar refractivity (Wildman–Crippen MR) is 112 cm³/mol. The molecule has 0 aliphatic heterocycles. The number of pyridine rings is 1. The first kappa shape index (κ1) is 18.2. The van der Waals surface area contributed by atoms with Crippen molar-refractivity contribution in [1.82, 2.24) is 14.8 Å². The molecule has 2 heterocycles. The highest BCUT2D eigenvalue weighted by atomic mass is 35.5. The van der Waals surface area contributed by atoms with Gasteiger partial charge in [0.25, 0.3) is 0 Å². The number of nitrogen functional groups attached to an aromatic ring is 1. The summed E-state index contributed by atoms with van der Waals surface area (Å²) in [4.78, 5) is 4.25. The Labute approximate surface area is 168 Å². The first-order valence-corrected chi connectivity index (χ1v) is 9.25. The topological polar surface area (TPSA) is 77.0 Å². The molecule has 0 atom stereocenters. The highest BCUT2D eigenvalue weighted by molar-refractivity contribution is 6.30. The average molecular weight is 391 g/mol. The van der Waals surface area contributed by atoms with Crippen LogP contribution in [0.25, 0.3) is 22.3 Å². The van der Waals surface area contributed by atoms with E-state index in [1.54, 1.807) is 6.20 Å². The van der Waals surface area contributed by atoms with Gasteiger partial charge in [0, 0.05) is 28.5 Å². The van der Waals surface area contributed by atoms with E-state index < -0.39 is 0 Å². The fourth-order valence-electron chi connectivity index (χ4n) is 3.28. The summed E-state index contributed by atoms with van der Waals surface area (Å²) in [6.45, 7) is 0.449. The fraction of sp³-hybridized carbons (Fsp3) is 0.0909. The third kappa shape index (κ3) is 3.63. The zero-order valence-electron chi connectivity index (χ0n) is 15.1. The summed E-state index contributed by atoms with van der Waals surface area (Å²) in [5, 5.41) is 15.1. The van der Waals surface area contributed by atoms with Crippen LogP contribution in [0.2, 0.25) is 5.02 Å². The summed E-state index contributed by atoms with van der Waals surface area (Å²) in [5.74, 6) is 0.416. The summed E-state index contributed by atoms with van der Waals surface area (Å²) < 4.78 is 1.83. The lowest BCUT2D eigenvalue weighted by Crippen LogP contribution is -2.00. The van der Waals surface area contributed by atoms with Crippen molar-refractivity contribution in [3.05, 3.63) is 89.3 Å². The predicted octanol–water partition coefficient (Wildman–Crippen LogP) is 4.39. The molecule has 0 spiro atoms. The standard InChI is InChI=1S/C22H19ClN4O/c23-17-8-6-16(7-9-17)21-18(10-11-25-22(21)24)19-13-27(26-20(19)14-28)12-15-4-2-1-3-5-15/h1-11,13,28H,12,14H2,(H2,24,25). The zero-order chi connectivity index (χ0) is 19.5.